The number of hydrogen-bond donors (Lipinski definition) is 0. The summed E-state index contributed by atoms with van der Waals surface area (Å²) in [5.74, 6) is 1.91. The molecule has 0 radical (unpaired) electrons. The molecule has 2 atom stereocenters. The second-order valence-corrected chi connectivity index (χ2v) is 9.29. The van der Waals surface area contributed by atoms with Crippen molar-refractivity contribution in [1.29, 1.82) is 0 Å². The maximum absolute atomic E-state index is 2.49. The zero-order valence-electron chi connectivity index (χ0n) is 19.3. The number of rotatable bonds is 21. The van der Waals surface area contributed by atoms with Crippen LogP contribution in [0.1, 0.15) is 156 Å². The first kappa shape index (κ1) is 26.0. The Morgan fingerprint density at radius 2 is 0.692 bits per heavy atom. The normalized spacial score (nSPS) is 13.8. The molecule has 0 N–H and O–H groups in total. The first-order valence-corrected chi connectivity index (χ1v) is 12.7. The zero-order valence-corrected chi connectivity index (χ0v) is 19.3. The van der Waals surface area contributed by atoms with Crippen molar-refractivity contribution in [1.82, 2.24) is 0 Å². The standard InChI is InChI=1S/C26H54/c1-5-7-8-9-10-11-13-17-20-23-26(4)24-21-18-15-12-14-16-19-22-25(3)6-2/h25-26H,5-24H2,1-4H3. The Labute approximate surface area is 168 Å². The monoisotopic (exact) mass is 366 g/mol. The van der Waals surface area contributed by atoms with Crippen LogP contribution in [0.4, 0.5) is 0 Å². The van der Waals surface area contributed by atoms with Crippen LogP contribution in [0, 0.1) is 11.8 Å². The van der Waals surface area contributed by atoms with Gasteiger partial charge in [-0.25, -0.2) is 0 Å². The van der Waals surface area contributed by atoms with Crippen molar-refractivity contribution in [3.8, 4) is 0 Å². The van der Waals surface area contributed by atoms with Gasteiger partial charge in [-0.15, -0.1) is 0 Å². The van der Waals surface area contributed by atoms with Gasteiger partial charge in [0.25, 0.3) is 0 Å². The second-order valence-electron chi connectivity index (χ2n) is 9.29. The highest BCUT2D eigenvalue weighted by atomic mass is 14.1. The van der Waals surface area contributed by atoms with Crippen molar-refractivity contribution in [2.24, 2.45) is 11.8 Å². The van der Waals surface area contributed by atoms with Crippen LogP contribution in [0.15, 0.2) is 0 Å². The van der Waals surface area contributed by atoms with Gasteiger partial charge < -0.3 is 0 Å². The molecular weight excluding hydrogens is 312 g/mol. The Balaban J connectivity index is 3.16. The van der Waals surface area contributed by atoms with Gasteiger partial charge in [0.15, 0.2) is 0 Å². The predicted molar refractivity (Wildman–Crippen MR) is 122 cm³/mol. The molecule has 0 spiro atoms. The average molecular weight is 367 g/mol. The smallest absolute Gasteiger partial charge is 0.0443 e. The molecule has 0 aliphatic heterocycles. The lowest BCUT2D eigenvalue weighted by Gasteiger charge is -2.11. The fraction of sp³-hybridized carbons (Fsp3) is 1.00. The first-order valence-electron chi connectivity index (χ1n) is 12.7. The lowest BCUT2D eigenvalue weighted by atomic mass is 9.95. The topological polar surface area (TPSA) is 0 Å². The summed E-state index contributed by atoms with van der Waals surface area (Å²) in [6.07, 6.45) is 29.2. The molecule has 0 aromatic heterocycles. The molecule has 0 bridgehead atoms. The molecule has 0 amide bonds. The summed E-state index contributed by atoms with van der Waals surface area (Å²) in [7, 11) is 0. The van der Waals surface area contributed by atoms with Crippen LogP contribution in [0.2, 0.25) is 0 Å². The Bertz CT molecular complexity index is 244. The van der Waals surface area contributed by atoms with Gasteiger partial charge in [-0.05, 0) is 11.8 Å². The molecular formula is C26H54. The van der Waals surface area contributed by atoms with Crippen LogP contribution in [-0.2, 0) is 0 Å². The molecule has 0 aromatic carbocycles. The van der Waals surface area contributed by atoms with Crippen molar-refractivity contribution in [2.45, 2.75) is 156 Å². The van der Waals surface area contributed by atoms with Crippen molar-refractivity contribution >= 4 is 0 Å². The minimum absolute atomic E-state index is 0.947. The van der Waals surface area contributed by atoms with Gasteiger partial charge in [-0.1, -0.05) is 156 Å². The third-order valence-electron chi connectivity index (χ3n) is 6.39. The Morgan fingerprint density at radius 3 is 1.04 bits per heavy atom. The van der Waals surface area contributed by atoms with Crippen LogP contribution in [0.3, 0.4) is 0 Å². The SMILES string of the molecule is CCCCCCCCCCCC(C)CCCCCCCCCC(C)CC. The van der Waals surface area contributed by atoms with E-state index in [-0.39, 0.29) is 0 Å². The van der Waals surface area contributed by atoms with Crippen LogP contribution in [-0.4, -0.2) is 0 Å². The van der Waals surface area contributed by atoms with E-state index in [0.29, 0.717) is 0 Å². The highest BCUT2D eigenvalue weighted by Crippen LogP contribution is 2.19. The van der Waals surface area contributed by atoms with Gasteiger partial charge in [-0.2, -0.15) is 0 Å². The van der Waals surface area contributed by atoms with Crippen LogP contribution >= 0.6 is 0 Å². The first-order chi connectivity index (χ1) is 12.7. The summed E-state index contributed by atoms with van der Waals surface area (Å²) in [5.41, 5.74) is 0. The zero-order chi connectivity index (χ0) is 19.3. The van der Waals surface area contributed by atoms with E-state index in [4.69, 9.17) is 0 Å². The number of hydrogen-bond acceptors (Lipinski definition) is 0. The largest absolute Gasteiger partial charge is 0.0654 e. The molecule has 0 nitrogen and oxygen atoms in total. The Hall–Kier alpha value is 0. The summed E-state index contributed by atoms with van der Waals surface area (Å²) in [6.45, 7) is 9.51. The Kier molecular flexibility index (Phi) is 21.3. The summed E-state index contributed by atoms with van der Waals surface area (Å²) in [6, 6.07) is 0. The lowest BCUT2D eigenvalue weighted by molar-refractivity contribution is 0.428. The van der Waals surface area contributed by atoms with Gasteiger partial charge in [0.05, 0.1) is 0 Å². The fourth-order valence-electron chi connectivity index (χ4n) is 4.02. The molecule has 158 valence electrons. The molecule has 26 heavy (non-hydrogen) atoms. The second kappa shape index (κ2) is 21.3. The molecule has 2 unspecified atom stereocenters. The van der Waals surface area contributed by atoms with Gasteiger partial charge in [-0.3, -0.25) is 0 Å². The number of unbranched alkanes of at least 4 members (excludes halogenated alkanes) is 14. The molecule has 0 saturated heterocycles. The maximum Gasteiger partial charge on any atom is -0.0443 e. The van der Waals surface area contributed by atoms with Gasteiger partial charge in [0.1, 0.15) is 0 Å². The average Bonchev–Trinajstić information content (AvgIpc) is 2.65. The van der Waals surface area contributed by atoms with E-state index >= 15 is 0 Å². The summed E-state index contributed by atoms with van der Waals surface area (Å²) in [4.78, 5) is 0. The Morgan fingerprint density at radius 1 is 0.385 bits per heavy atom. The van der Waals surface area contributed by atoms with Gasteiger partial charge in [0.2, 0.25) is 0 Å². The third-order valence-corrected chi connectivity index (χ3v) is 6.39. The summed E-state index contributed by atoms with van der Waals surface area (Å²) < 4.78 is 0. The molecule has 0 aromatic rings. The lowest BCUT2D eigenvalue weighted by Crippen LogP contribution is -1.95. The van der Waals surface area contributed by atoms with Crippen molar-refractivity contribution in [3.63, 3.8) is 0 Å². The molecule has 0 rings (SSSR count). The van der Waals surface area contributed by atoms with Gasteiger partial charge in [0, 0.05) is 0 Å². The van der Waals surface area contributed by atoms with E-state index in [1.165, 1.54) is 128 Å². The van der Waals surface area contributed by atoms with Gasteiger partial charge >= 0.3 is 0 Å². The molecule has 0 saturated carbocycles. The third kappa shape index (κ3) is 20.3. The van der Waals surface area contributed by atoms with Crippen LogP contribution in [0.5, 0.6) is 0 Å². The van der Waals surface area contributed by atoms with E-state index in [1.54, 1.807) is 0 Å². The van der Waals surface area contributed by atoms with E-state index in [2.05, 4.69) is 27.7 Å². The summed E-state index contributed by atoms with van der Waals surface area (Å²) in [5, 5.41) is 0. The maximum atomic E-state index is 2.49. The van der Waals surface area contributed by atoms with Crippen LogP contribution < -0.4 is 0 Å². The molecule has 0 heterocycles. The van der Waals surface area contributed by atoms with Crippen molar-refractivity contribution in [3.05, 3.63) is 0 Å². The highest BCUT2D eigenvalue weighted by Gasteiger charge is 2.02. The summed E-state index contributed by atoms with van der Waals surface area (Å²) >= 11 is 0. The minimum Gasteiger partial charge on any atom is -0.0654 e. The van der Waals surface area contributed by atoms with Crippen molar-refractivity contribution in [2.75, 3.05) is 0 Å². The molecule has 0 heteroatoms. The van der Waals surface area contributed by atoms with Crippen LogP contribution in [0.25, 0.3) is 0 Å². The molecule has 0 fully saturated rings. The van der Waals surface area contributed by atoms with Crippen molar-refractivity contribution < 1.29 is 0 Å². The predicted octanol–water partition coefficient (Wildman–Crippen LogP) is 10.1. The molecule has 0 aliphatic rings. The minimum atomic E-state index is 0.947. The van der Waals surface area contributed by atoms with E-state index in [0.717, 1.165) is 11.8 Å². The van der Waals surface area contributed by atoms with E-state index < -0.39 is 0 Å². The van der Waals surface area contributed by atoms with E-state index in [1.807, 2.05) is 0 Å². The highest BCUT2D eigenvalue weighted by molar-refractivity contribution is 4.56. The van der Waals surface area contributed by atoms with E-state index in [9.17, 15) is 0 Å². The quantitative estimate of drug-likeness (QED) is 0.177. The molecule has 0 aliphatic carbocycles. The fourth-order valence-corrected chi connectivity index (χ4v) is 4.02.